The molecule has 0 saturated heterocycles. The summed E-state index contributed by atoms with van der Waals surface area (Å²) in [7, 11) is 0. The number of halogens is 2. The van der Waals surface area contributed by atoms with E-state index in [1.54, 1.807) is 18.3 Å². The molecule has 0 atom stereocenters. The van der Waals surface area contributed by atoms with Gasteiger partial charge in [0.1, 0.15) is 5.82 Å². The first-order chi connectivity index (χ1) is 9.65. The lowest BCUT2D eigenvalue weighted by Gasteiger charge is -2.23. The molecule has 1 fully saturated rings. The van der Waals surface area contributed by atoms with Crippen molar-refractivity contribution in [2.24, 2.45) is 5.10 Å². The van der Waals surface area contributed by atoms with Crippen LogP contribution in [0.15, 0.2) is 27.8 Å². The molecule has 0 unspecified atom stereocenters. The molecule has 1 aromatic carbocycles. The van der Waals surface area contributed by atoms with Crippen LogP contribution < -0.4 is 10.7 Å². The maximum Gasteiger partial charge on any atom is 0.187 e. The molecule has 2 rings (SSSR count). The largest absolute Gasteiger partial charge is 0.359 e. The SMILES string of the molecule is Fc1ccc(/C=N\NC(=S)NC2CCCCC2)cc1Br. The molecule has 108 valence electrons. The topological polar surface area (TPSA) is 36.4 Å². The monoisotopic (exact) mass is 357 g/mol. The molecule has 0 radical (unpaired) electrons. The summed E-state index contributed by atoms with van der Waals surface area (Å²) < 4.78 is 13.5. The second-order valence-corrected chi connectivity index (χ2v) is 6.11. The van der Waals surface area contributed by atoms with Crippen LogP contribution in [-0.4, -0.2) is 17.4 Å². The second-order valence-electron chi connectivity index (χ2n) is 4.85. The van der Waals surface area contributed by atoms with Crippen molar-refractivity contribution in [3.8, 4) is 0 Å². The van der Waals surface area contributed by atoms with Crippen molar-refractivity contribution in [3.05, 3.63) is 34.1 Å². The molecule has 2 N–H and O–H groups in total. The number of hydrogen-bond donors (Lipinski definition) is 2. The lowest BCUT2D eigenvalue weighted by atomic mass is 9.96. The number of benzene rings is 1. The lowest BCUT2D eigenvalue weighted by Crippen LogP contribution is -2.40. The summed E-state index contributed by atoms with van der Waals surface area (Å²) in [4.78, 5) is 0. The van der Waals surface area contributed by atoms with Crippen molar-refractivity contribution in [1.29, 1.82) is 0 Å². The van der Waals surface area contributed by atoms with Crippen LogP contribution in [-0.2, 0) is 0 Å². The van der Waals surface area contributed by atoms with Gasteiger partial charge in [0.15, 0.2) is 5.11 Å². The van der Waals surface area contributed by atoms with Crippen molar-refractivity contribution in [2.75, 3.05) is 0 Å². The van der Waals surface area contributed by atoms with Crippen LogP contribution >= 0.6 is 28.1 Å². The minimum atomic E-state index is -0.287. The molecule has 0 heterocycles. The van der Waals surface area contributed by atoms with E-state index in [0.29, 0.717) is 15.6 Å². The van der Waals surface area contributed by atoms with Crippen LogP contribution in [0.1, 0.15) is 37.7 Å². The number of nitrogens with one attached hydrogen (secondary N) is 2. The van der Waals surface area contributed by atoms with Crippen LogP contribution in [0.4, 0.5) is 4.39 Å². The van der Waals surface area contributed by atoms with Crippen molar-refractivity contribution in [2.45, 2.75) is 38.1 Å². The minimum absolute atomic E-state index is 0.287. The predicted molar refractivity (Wildman–Crippen MR) is 87.4 cm³/mol. The summed E-state index contributed by atoms with van der Waals surface area (Å²) in [6.07, 6.45) is 7.77. The molecule has 1 aliphatic rings. The Balaban J connectivity index is 1.79. The van der Waals surface area contributed by atoms with Gasteiger partial charge < -0.3 is 5.32 Å². The fourth-order valence-electron chi connectivity index (χ4n) is 2.22. The Hall–Kier alpha value is -1.01. The highest BCUT2D eigenvalue weighted by atomic mass is 79.9. The average Bonchev–Trinajstić information content (AvgIpc) is 2.44. The third-order valence-electron chi connectivity index (χ3n) is 3.26. The van der Waals surface area contributed by atoms with Gasteiger partial charge in [-0.3, -0.25) is 5.43 Å². The van der Waals surface area contributed by atoms with Crippen LogP contribution in [0.5, 0.6) is 0 Å². The van der Waals surface area contributed by atoms with E-state index in [4.69, 9.17) is 12.2 Å². The molecule has 0 aliphatic heterocycles. The van der Waals surface area contributed by atoms with E-state index >= 15 is 0 Å². The van der Waals surface area contributed by atoms with E-state index in [1.807, 2.05) is 0 Å². The lowest BCUT2D eigenvalue weighted by molar-refractivity contribution is 0.412. The zero-order chi connectivity index (χ0) is 14.4. The first-order valence-corrected chi connectivity index (χ1v) is 7.90. The van der Waals surface area contributed by atoms with Crippen LogP contribution in [0, 0.1) is 5.82 Å². The molecule has 1 aromatic rings. The van der Waals surface area contributed by atoms with E-state index in [2.05, 4.69) is 31.8 Å². The molecule has 3 nitrogen and oxygen atoms in total. The fourth-order valence-corrected chi connectivity index (χ4v) is 2.84. The van der Waals surface area contributed by atoms with E-state index < -0.39 is 0 Å². The maximum atomic E-state index is 13.1. The van der Waals surface area contributed by atoms with Crippen LogP contribution in [0.3, 0.4) is 0 Å². The summed E-state index contributed by atoms with van der Waals surface area (Å²) in [5.74, 6) is -0.287. The quantitative estimate of drug-likeness (QED) is 0.491. The van der Waals surface area contributed by atoms with Crippen molar-refractivity contribution in [1.82, 2.24) is 10.7 Å². The molecule has 0 amide bonds. The normalized spacial score (nSPS) is 16.3. The first kappa shape index (κ1) is 15.4. The van der Waals surface area contributed by atoms with Gasteiger partial charge in [0.05, 0.1) is 10.7 Å². The van der Waals surface area contributed by atoms with E-state index in [9.17, 15) is 4.39 Å². The van der Waals surface area contributed by atoms with Gasteiger partial charge in [-0.1, -0.05) is 25.3 Å². The van der Waals surface area contributed by atoms with Gasteiger partial charge in [0.25, 0.3) is 0 Å². The molecule has 0 aromatic heterocycles. The van der Waals surface area contributed by atoms with Gasteiger partial charge in [-0.2, -0.15) is 5.10 Å². The Labute approximate surface area is 132 Å². The van der Waals surface area contributed by atoms with E-state index in [-0.39, 0.29) is 5.82 Å². The van der Waals surface area contributed by atoms with E-state index in [0.717, 1.165) is 18.4 Å². The average molecular weight is 358 g/mol. The predicted octanol–water partition coefficient (Wildman–Crippen LogP) is 3.72. The Morgan fingerprint density at radius 3 is 2.80 bits per heavy atom. The Morgan fingerprint density at radius 1 is 1.35 bits per heavy atom. The van der Waals surface area contributed by atoms with Crippen LogP contribution in [0.2, 0.25) is 0 Å². The summed E-state index contributed by atoms with van der Waals surface area (Å²) in [6, 6.07) is 5.17. The molecule has 0 spiro atoms. The second kappa shape index (κ2) is 7.69. The van der Waals surface area contributed by atoms with Gasteiger partial charge in [-0.25, -0.2) is 4.39 Å². The minimum Gasteiger partial charge on any atom is -0.359 e. The highest BCUT2D eigenvalue weighted by molar-refractivity contribution is 9.10. The summed E-state index contributed by atoms with van der Waals surface area (Å²) in [5, 5.41) is 7.86. The Kier molecular flexibility index (Phi) is 5.91. The van der Waals surface area contributed by atoms with Crippen LogP contribution in [0.25, 0.3) is 0 Å². The summed E-state index contributed by atoms with van der Waals surface area (Å²) >= 11 is 8.33. The number of nitrogens with zero attached hydrogens (tertiary/aromatic N) is 1. The molecule has 20 heavy (non-hydrogen) atoms. The third kappa shape index (κ3) is 4.83. The molecule has 1 saturated carbocycles. The Bertz CT molecular complexity index is 501. The molecular weight excluding hydrogens is 341 g/mol. The van der Waals surface area contributed by atoms with Gasteiger partial charge in [-0.05, 0) is 58.7 Å². The number of rotatable bonds is 3. The van der Waals surface area contributed by atoms with Gasteiger partial charge >= 0.3 is 0 Å². The van der Waals surface area contributed by atoms with Crippen molar-refractivity contribution in [3.63, 3.8) is 0 Å². The number of thiocarbonyl (C=S) groups is 1. The molecular formula is C14H17BrFN3S. The zero-order valence-electron chi connectivity index (χ0n) is 11.0. The fraction of sp³-hybridized carbons (Fsp3) is 0.429. The van der Waals surface area contributed by atoms with Gasteiger partial charge in [0.2, 0.25) is 0 Å². The molecule has 6 heteroatoms. The van der Waals surface area contributed by atoms with Crippen molar-refractivity contribution >= 4 is 39.5 Å². The van der Waals surface area contributed by atoms with E-state index in [1.165, 1.54) is 25.3 Å². The van der Waals surface area contributed by atoms with Gasteiger partial charge in [0, 0.05) is 6.04 Å². The number of hydrogen-bond acceptors (Lipinski definition) is 2. The standard InChI is InChI=1S/C14H17BrFN3S/c15-12-8-10(6-7-13(12)16)9-17-19-14(20)18-11-4-2-1-3-5-11/h6-9,11H,1-5H2,(H2,18,19,20)/b17-9-. The first-order valence-electron chi connectivity index (χ1n) is 6.70. The molecule has 1 aliphatic carbocycles. The summed E-state index contributed by atoms with van der Waals surface area (Å²) in [6.45, 7) is 0. The maximum absolute atomic E-state index is 13.1. The zero-order valence-corrected chi connectivity index (χ0v) is 13.4. The molecule has 0 bridgehead atoms. The van der Waals surface area contributed by atoms with Gasteiger partial charge in [-0.15, -0.1) is 0 Å². The third-order valence-corrected chi connectivity index (χ3v) is 4.08. The highest BCUT2D eigenvalue weighted by Crippen LogP contribution is 2.17. The number of hydrazone groups is 1. The Morgan fingerprint density at radius 2 is 2.10 bits per heavy atom. The van der Waals surface area contributed by atoms with Crippen molar-refractivity contribution < 1.29 is 4.39 Å². The highest BCUT2D eigenvalue weighted by Gasteiger charge is 2.13. The smallest absolute Gasteiger partial charge is 0.187 e. The summed E-state index contributed by atoms with van der Waals surface area (Å²) in [5.41, 5.74) is 3.59.